The van der Waals surface area contributed by atoms with E-state index in [4.69, 9.17) is 17.7 Å². The molecule has 10 aromatic rings. The summed E-state index contributed by atoms with van der Waals surface area (Å²) in [6.45, 7) is 4.62. The largest absolute Gasteiger partial charge is 1.00 e. The zero-order chi connectivity index (χ0) is 34.0. The molecule has 0 saturated heterocycles. The summed E-state index contributed by atoms with van der Waals surface area (Å²) in [6.07, 6.45) is 3.40. The van der Waals surface area contributed by atoms with Crippen LogP contribution in [0, 0.1) is 0 Å². The van der Waals surface area contributed by atoms with Crippen molar-refractivity contribution in [3.8, 4) is 45.3 Å². The average Bonchev–Trinajstić information content (AvgIpc) is 3.97. The van der Waals surface area contributed by atoms with Gasteiger partial charge in [0.05, 0.1) is 24.0 Å². The molecule has 0 unspecified atom stereocenters. The van der Waals surface area contributed by atoms with E-state index in [1.807, 2.05) is 60.7 Å². The van der Waals surface area contributed by atoms with Crippen LogP contribution >= 0.6 is 0 Å². The summed E-state index contributed by atoms with van der Waals surface area (Å²) in [5, 5.41) is 6.98. The quantitative estimate of drug-likeness (QED) is 0.139. The first-order valence-corrected chi connectivity index (χ1v) is 22.7. The van der Waals surface area contributed by atoms with Crippen molar-refractivity contribution in [2.45, 2.75) is 13.1 Å². The molecule has 0 bridgehead atoms. The molecule has 0 radical (unpaired) electrons. The van der Waals surface area contributed by atoms with Gasteiger partial charge in [-0.05, 0) is 47.5 Å². The van der Waals surface area contributed by atoms with Crippen molar-refractivity contribution in [3.63, 3.8) is 0 Å². The van der Waals surface area contributed by atoms with Crippen molar-refractivity contribution in [3.05, 3.63) is 158 Å². The van der Waals surface area contributed by atoms with Crippen LogP contribution in [0.4, 0.5) is 0 Å². The molecule has 8 heteroatoms. The number of fused-ring (bicyclic) bond motifs is 4. The smallest absolute Gasteiger partial charge is 0.134 e. The van der Waals surface area contributed by atoms with Crippen LogP contribution in [0.25, 0.3) is 88.8 Å². The molecule has 0 spiro atoms. The third kappa shape index (κ3) is 7.77. The fourth-order valence-corrected chi connectivity index (χ4v) is 6.30. The second kappa shape index (κ2) is 16.4. The minimum Gasteiger partial charge on any atom is -1.00 e. The second-order valence-electron chi connectivity index (χ2n) is 12.4. The van der Waals surface area contributed by atoms with E-state index in [1.54, 1.807) is 35.9 Å². The monoisotopic (exact) mass is 812 g/mol. The number of hydrogen-bond acceptors (Lipinski definition) is 4. The Morgan fingerprint density at radius 3 is 1.29 bits per heavy atom. The van der Waals surface area contributed by atoms with E-state index in [0.29, 0.717) is 0 Å². The van der Waals surface area contributed by atoms with Gasteiger partial charge in [0.15, 0.2) is 0 Å². The molecule has 52 heavy (non-hydrogen) atoms. The number of benzene rings is 4. The molecule has 256 valence electrons. The molecule has 6 aromatic carbocycles. The minimum absolute atomic E-state index is 0. The van der Waals surface area contributed by atoms with Crippen LogP contribution in [0.1, 0.15) is 0 Å². The average molecular weight is 815 g/mol. The molecular weight excluding hydrogens is 783 g/mol. The molecule has 0 N–H and O–H groups in total. The molecule has 0 atom stereocenters. The van der Waals surface area contributed by atoms with Gasteiger partial charge in [-0.3, -0.25) is 0 Å². The van der Waals surface area contributed by atoms with Crippen LogP contribution in [0.5, 0.6) is 0 Å². The number of furan rings is 4. The van der Waals surface area contributed by atoms with Crippen LogP contribution < -0.4 is 24.8 Å². The van der Waals surface area contributed by atoms with Crippen LogP contribution in [-0.4, -0.2) is 5.43 Å². The van der Waals surface area contributed by atoms with Crippen LogP contribution in [0.2, 0.25) is 13.1 Å². The Balaban J connectivity index is 0.000000157. The maximum atomic E-state index is 6.04. The van der Waals surface area contributed by atoms with Crippen molar-refractivity contribution in [2.24, 2.45) is 0 Å². The van der Waals surface area contributed by atoms with Crippen LogP contribution in [0.15, 0.2) is 176 Å². The number of para-hydroxylation sites is 2. The fourth-order valence-electron chi connectivity index (χ4n) is 6.30. The summed E-state index contributed by atoms with van der Waals surface area (Å²) < 4.78 is 23.1. The molecule has 0 aliphatic heterocycles. The summed E-state index contributed by atoms with van der Waals surface area (Å²) >= 11 is 1.74. The van der Waals surface area contributed by atoms with Crippen molar-refractivity contribution in [2.75, 3.05) is 0 Å². The summed E-state index contributed by atoms with van der Waals surface area (Å²) in [5.41, 5.74) is 6.44. The van der Waals surface area contributed by atoms with Crippen molar-refractivity contribution in [1.82, 2.24) is 0 Å². The Labute approximate surface area is 329 Å². The molecule has 0 saturated carbocycles. The summed E-state index contributed by atoms with van der Waals surface area (Å²) in [4.78, 5) is 0. The van der Waals surface area contributed by atoms with E-state index < -0.39 is 0 Å². The molecule has 4 aromatic heterocycles. The summed E-state index contributed by atoms with van der Waals surface area (Å²) in [5.74, 6) is 3.57. The molecule has 10 rings (SSSR count). The van der Waals surface area contributed by atoms with Crippen molar-refractivity contribution in [1.29, 1.82) is 0 Å². The molecule has 4 heterocycles. The topological polar surface area (TPSA) is 52.6 Å². The zero-order valence-corrected chi connectivity index (χ0v) is 33.4. The van der Waals surface area contributed by atoms with Gasteiger partial charge >= 0.3 is 41.9 Å². The molecule has 0 aliphatic rings. The maximum absolute atomic E-state index is 6.04. The fraction of sp³-hybridized carbons (Fsp3) is 0.0455. The molecule has 0 fully saturated rings. The van der Waals surface area contributed by atoms with Crippen molar-refractivity contribution >= 4 is 48.9 Å². The molecule has 0 aliphatic carbocycles. The first-order chi connectivity index (χ1) is 24.5. The zero-order valence-electron chi connectivity index (χ0n) is 28.4. The normalized spacial score (nSPS) is 10.7. The van der Waals surface area contributed by atoms with Gasteiger partial charge in [-0.2, -0.15) is 0 Å². The summed E-state index contributed by atoms with van der Waals surface area (Å²) in [6, 6.07) is 49.4. The molecule has 0 amide bonds. The molecular formula is C44H32Cl2O4SiZr-2. The van der Waals surface area contributed by atoms with Gasteiger partial charge in [-0.1, -0.05) is 83.9 Å². The Kier molecular flexibility index (Phi) is 11.7. The molecule has 4 nitrogen and oxygen atoms in total. The SMILES string of the molecule is C[Si](C)=[Zr+2].[Cl-].[Cl-].c1coc(-c2cc3c(-c4cc5ccccc5o4)cccc3[cH-]2)c1.c1coc(-c2cc3c(-c4cc5ccccc5o4)cccc3[cH-]2)c1. The van der Waals surface area contributed by atoms with Crippen LogP contribution in [0.3, 0.4) is 0 Å². The van der Waals surface area contributed by atoms with Gasteiger partial charge in [0.25, 0.3) is 0 Å². The van der Waals surface area contributed by atoms with Gasteiger partial charge in [-0.25, -0.2) is 0 Å². The van der Waals surface area contributed by atoms with Crippen molar-refractivity contribution < 1.29 is 65.8 Å². The predicted octanol–water partition coefficient (Wildman–Crippen LogP) is 7.26. The van der Waals surface area contributed by atoms with E-state index >= 15 is 0 Å². The van der Waals surface area contributed by atoms with E-state index in [1.165, 1.54) is 21.5 Å². The number of hydrogen-bond donors (Lipinski definition) is 0. The van der Waals surface area contributed by atoms with Gasteiger partial charge in [0.1, 0.15) is 22.7 Å². The predicted molar refractivity (Wildman–Crippen MR) is 202 cm³/mol. The standard InChI is InChI=1S/2C21H13O2.C2H6Si.2ClH.Zr/c2*1-2-8-20-15(5-1)13-21(23-20)17-7-3-6-14-11-16(12-18(14)17)19-9-4-10-22-19;1-3-2;;;/h2*1-13H;1-2H3;2*1H;/q2*-1;;;;+2/p-2. The minimum atomic E-state index is 0. The van der Waals surface area contributed by atoms with Crippen LogP contribution in [-0.2, 0) is 23.3 Å². The van der Waals surface area contributed by atoms with E-state index in [0.717, 1.165) is 67.2 Å². The Morgan fingerprint density at radius 2 is 0.904 bits per heavy atom. The van der Waals surface area contributed by atoms with E-state index in [2.05, 4.69) is 98.0 Å². The van der Waals surface area contributed by atoms with Gasteiger partial charge in [0.2, 0.25) is 0 Å². The first kappa shape index (κ1) is 37.2. The van der Waals surface area contributed by atoms with E-state index in [-0.39, 0.29) is 30.2 Å². The Hall–Kier alpha value is -4.58. The van der Waals surface area contributed by atoms with E-state index in [9.17, 15) is 0 Å². The van der Waals surface area contributed by atoms with Gasteiger partial charge in [0, 0.05) is 10.8 Å². The van der Waals surface area contributed by atoms with Gasteiger partial charge in [-0.15, -0.1) is 57.9 Å². The maximum Gasteiger partial charge on any atom is 0.134 e. The number of rotatable bonds is 4. The first-order valence-electron chi connectivity index (χ1n) is 16.5. The third-order valence-electron chi connectivity index (χ3n) is 8.49. The second-order valence-corrected chi connectivity index (χ2v) is 21.7. The Morgan fingerprint density at radius 1 is 0.481 bits per heavy atom. The summed E-state index contributed by atoms with van der Waals surface area (Å²) in [7, 11) is 0. The third-order valence-corrected chi connectivity index (χ3v) is 8.49. The number of halogens is 2. The Bertz CT molecular complexity index is 2460. The van der Waals surface area contributed by atoms with Gasteiger partial charge < -0.3 is 42.5 Å².